The van der Waals surface area contributed by atoms with Gasteiger partial charge in [0, 0.05) is 44.5 Å². The summed E-state index contributed by atoms with van der Waals surface area (Å²) in [6.07, 6.45) is 6.24. The van der Waals surface area contributed by atoms with Crippen molar-refractivity contribution in [2.75, 3.05) is 32.8 Å². The van der Waals surface area contributed by atoms with Crippen LogP contribution in [0.15, 0.2) is 12.4 Å². The molecule has 6 heteroatoms. The number of imidazole rings is 1. The first kappa shape index (κ1) is 14.5. The minimum absolute atomic E-state index is 0.145. The maximum Gasteiger partial charge on any atom is 0.239 e. The molecule has 2 aliphatic rings. The number of rotatable bonds is 4. The van der Waals surface area contributed by atoms with E-state index in [-0.39, 0.29) is 11.9 Å². The molecule has 2 aliphatic heterocycles. The average molecular weight is 292 g/mol. The van der Waals surface area contributed by atoms with E-state index in [9.17, 15) is 4.79 Å². The monoisotopic (exact) mass is 292 g/mol. The van der Waals surface area contributed by atoms with Crippen LogP contribution in [-0.2, 0) is 16.1 Å². The normalized spacial score (nSPS) is 23.7. The van der Waals surface area contributed by atoms with Gasteiger partial charge in [0.05, 0.1) is 19.3 Å². The topological polar surface area (TPSA) is 59.4 Å². The van der Waals surface area contributed by atoms with Crippen LogP contribution in [0, 0.1) is 0 Å². The predicted octanol–water partition coefficient (Wildman–Crippen LogP) is 0.597. The summed E-state index contributed by atoms with van der Waals surface area (Å²) < 4.78 is 7.52. The zero-order valence-electron chi connectivity index (χ0n) is 12.6. The van der Waals surface area contributed by atoms with Crippen LogP contribution in [0.4, 0.5) is 0 Å². The first-order valence-electron chi connectivity index (χ1n) is 7.86. The molecule has 1 aromatic heterocycles. The van der Waals surface area contributed by atoms with Crippen molar-refractivity contribution in [1.29, 1.82) is 0 Å². The first-order chi connectivity index (χ1) is 10.3. The minimum atomic E-state index is -0.145. The molecular weight excluding hydrogens is 268 g/mol. The molecule has 3 heterocycles. The van der Waals surface area contributed by atoms with Crippen molar-refractivity contribution < 1.29 is 9.53 Å². The number of hydrogen-bond donors (Lipinski definition) is 1. The van der Waals surface area contributed by atoms with E-state index in [1.54, 1.807) is 0 Å². The number of nitrogens with one attached hydrogen (secondary N) is 1. The van der Waals surface area contributed by atoms with E-state index in [4.69, 9.17) is 4.74 Å². The molecule has 3 rings (SSSR count). The Balaban J connectivity index is 1.52. The molecule has 0 radical (unpaired) electrons. The van der Waals surface area contributed by atoms with E-state index < -0.39 is 0 Å². The Bertz CT molecular complexity index is 482. The Morgan fingerprint density at radius 3 is 3.10 bits per heavy atom. The Labute approximate surface area is 125 Å². The van der Waals surface area contributed by atoms with Crippen molar-refractivity contribution in [3.8, 4) is 0 Å². The zero-order valence-corrected chi connectivity index (χ0v) is 12.6. The van der Waals surface area contributed by atoms with Crippen LogP contribution >= 0.6 is 0 Å². The van der Waals surface area contributed by atoms with Crippen molar-refractivity contribution in [2.45, 2.75) is 38.3 Å². The highest BCUT2D eigenvalue weighted by Gasteiger charge is 2.25. The van der Waals surface area contributed by atoms with E-state index in [0.29, 0.717) is 32.2 Å². The van der Waals surface area contributed by atoms with Gasteiger partial charge in [-0.1, -0.05) is 0 Å². The molecule has 0 aliphatic carbocycles. The fourth-order valence-corrected chi connectivity index (χ4v) is 3.16. The summed E-state index contributed by atoms with van der Waals surface area (Å²) >= 11 is 0. The molecule has 0 saturated carbocycles. The number of morpholine rings is 1. The average Bonchev–Trinajstić information content (AvgIpc) is 3.02. The SMILES string of the molecule is C[C@@H](NC[C@H]1CCCn2ccnc21)C(=O)N1CCOCC1. The Kier molecular flexibility index (Phi) is 4.55. The van der Waals surface area contributed by atoms with Crippen LogP contribution in [-0.4, -0.2) is 59.2 Å². The molecule has 1 amide bonds. The molecule has 1 fully saturated rings. The van der Waals surface area contributed by atoms with Gasteiger partial charge < -0.3 is 19.5 Å². The quantitative estimate of drug-likeness (QED) is 0.883. The molecule has 6 nitrogen and oxygen atoms in total. The van der Waals surface area contributed by atoms with Gasteiger partial charge in [0.1, 0.15) is 5.82 Å². The molecule has 0 bridgehead atoms. The number of hydrogen-bond acceptors (Lipinski definition) is 4. The fourth-order valence-electron chi connectivity index (χ4n) is 3.16. The van der Waals surface area contributed by atoms with Gasteiger partial charge in [0.25, 0.3) is 0 Å². The van der Waals surface area contributed by atoms with Crippen LogP contribution in [0.3, 0.4) is 0 Å². The number of carbonyl (C=O) groups excluding carboxylic acids is 1. The van der Waals surface area contributed by atoms with Gasteiger partial charge in [0.2, 0.25) is 5.91 Å². The van der Waals surface area contributed by atoms with Gasteiger partial charge >= 0.3 is 0 Å². The van der Waals surface area contributed by atoms with Crippen LogP contribution in [0.25, 0.3) is 0 Å². The maximum absolute atomic E-state index is 12.4. The van der Waals surface area contributed by atoms with Crippen molar-refractivity contribution in [2.24, 2.45) is 0 Å². The highest BCUT2D eigenvalue weighted by molar-refractivity contribution is 5.81. The van der Waals surface area contributed by atoms with Gasteiger partial charge in [-0.25, -0.2) is 4.98 Å². The largest absolute Gasteiger partial charge is 0.378 e. The summed E-state index contributed by atoms with van der Waals surface area (Å²) in [5, 5.41) is 3.39. The molecular formula is C15H24N4O2. The standard InChI is InChI=1S/C15H24N4O2/c1-12(15(20)19-7-9-21-10-8-19)17-11-13-3-2-5-18-6-4-16-14(13)18/h4,6,12-13,17H,2-3,5,7-11H2,1H3/t12-,13-/m1/s1. The predicted molar refractivity (Wildman–Crippen MR) is 79.1 cm³/mol. The number of carbonyl (C=O) groups is 1. The van der Waals surface area contributed by atoms with E-state index in [0.717, 1.165) is 25.3 Å². The lowest BCUT2D eigenvalue weighted by Gasteiger charge is -2.30. The molecule has 0 spiro atoms. The van der Waals surface area contributed by atoms with Gasteiger partial charge in [-0.3, -0.25) is 4.79 Å². The van der Waals surface area contributed by atoms with Crippen LogP contribution in [0.2, 0.25) is 0 Å². The molecule has 1 saturated heterocycles. The smallest absolute Gasteiger partial charge is 0.239 e. The number of aryl methyl sites for hydroxylation is 1. The lowest BCUT2D eigenvalue weighted by molar-refractivity contribution is -0.137. The van der Waals surface area contributed by atoms with E-state index in [1.165, 1.54) is 6.42 Å². The number of amides is 1. The van der Waals surface area contributed by atoms with E-state index in [1.807, 2.05) is 24.2 Å². The highest BCUT2D eigenvalue weighted by atomic mass is 16.5. The van der Waals surface area contributed by atoms with E-state index in [2.05, 4.69) is 14.9 Å². The van der Waals surface area contributed by atoms with Crippen LogP contribution in [0.5, 0.6) is 0 Å². The third-order valence-electron chi connectivity index (χ3n) is 4.43. The highest BCUT2D eigenvalue weighted by Crippen LogP contribution is 2.24. The summed E-state index contributed by atoms with van der Waals surface area (Å²) in [4.78, 5) is 18.7. The Morgan fingerprint density at radius 2 is 2.29 bits per heavy atom. The third kappa shape index (κ3) is 3.27. The first-order valence-corrected chi connectivity index (χ1v) is 7.86. The van der Waals surface area contributed by atoms with Gasteiger partial charge in [-0.2, -0.15) is 0 Å². The molecule has 1 aromatic rings. The molecule has 116 valence electrons. The van der Waals surface area contributed by atoms with Crippen molar-refractivity contribution in [3.63, 3.8) is 0 Å². The molecule has 2 atom stereocenters. The number of ether oxygens (including phenoxy) is 1. The summed E-state index contributed by atoms with van der Waals surface area (Å²) in [7, 11) is 0. The van der Waals surface area contributed by atoms with E-state index >= 15 is 0 Å². The minimum Gasteiger partial charge on any atom is -0.378 e. The van der Waals surface area contributed by atoms with Gasteiger partial charge in [-0.05, 0) is 19.8 Å². The fraction of sp³-hybridized carbons (Fsp3) is 0.733. The second-order valence-electron chi connectivity index (χ2n) is 5.89. The maximum atomic E-state index is 12.4. The third-order valence-corrected chi connectivity index (χ3v) is 4.43. The Hall–Kier alpha value is -1.40. The molecule has 0 unspecified atom stereocenters. The lowest BCUT2D eigenvalue weighted by Crippen LogP contribution is -2.50. The van der Waals surface area contributed by atoms with Crippen LogP contribution < -0.4 is 5.32 Å². The second-order valence-corrected chi connectivity index (χ2v) is 5.89. The van der Waals surface area contributed by atoms with Gasteiger partial charge in [-0.15, -0.1) is 0 Å². The van der Waals surface area contributed by atoms with Crippen molar-refractivity contribution in [1.82, 2.24) is 19.8 Å². The summed E-state index contributed by atoms with van der Waals surface area (Å²) in [6, 6.07) is -0.145. The van der Waals surface area contributed by atoms with Crippen molar-refractivity contribution in [3.05, 3.63) is 18.2 Å². The number of nitrogens with zero attached hydrogens (tertiary/aromatic N) is 3. The second kappa shape index (κ2) is 6.58. The molecule has 1 N–H and O–H groups in total. The summed E-state index contributed by atoms with van der Waals surface area (Å²) in [5.41, 5.74) is 0. The molecule has 0 aromatic carbocycles. The summed E-state index contributed by atoms with van der Waals surface area (Å²) in [6.45, 7) is 6.55. The lowest BCUT2D eigenvalue weighted by atomic mass is 9.98. The number of aromatic nitrogens is 2. The van der Waals surface area contributed by atoms with Crippen LogP contribution in [0.1, 0.15) is 31.5 Å². The molecule has 21 heavy (non-hydrogen) atoms. The zero-order chi connectivity index (χ0) is 14.7. The summed E-state index contributed by atoms with van der Waals surface area (Å²) in [5.74, 6) is 1.74. The number of fused-ring (bicyclic) bond motifs is 1. The Morgan fingerprint density at radius 1 is 1.48 bits per heavy atom. The van der Waals surface area contributed by atoms with Crippen molar-refractivity contribution >= 4 is 5.91 Å². The van der Waals surface area contributed by atoms with Gasteiger partial charge in [0.15, 0.2) is 0 Å².